The van der Waals surface area contributed by atoms with Gasteiger partial charge in [0, 0.05) is 16.5 Å². The van der Waals surface area contributed by atoms with Crippen LogP contribution in [0.5, 0.6) is 0 Å². The van der Waals surface area contributed by atoms with E-state index in [4.69, 9.17) is 5.73 Å². The third kappa shape index (κ3) is 2.44. The van der Waals surface area contributed by atoms with Crippen LogP contribution in [0.4, 0.5) is 4.39 Å². The Morgan fingerprint density at radius 3 is 2.60 bits per heavy atom. The zero-order chi connectivity index (χ0) is 11.6. The summed E-state index contributed by atoms with van der Waals surface area (Å²) in [5.41, 5.74) is 6.94. The average Bonchev–Trinajstić information content (AvgIpc) is 2.16. The van der Waals surface area contributed by atoms with Gasteiger partial charge in [-0.1, -0.05) is 15.9 Å². The molecule has 0 aromatic heterocycles. The number of benzene rings is 1. The molecule has 0 aliphatic rings. The van der Waals surface area contributed by atoms with Crippen LogP contribution in [0.2, 0.25) is 0 Å². The van der Waals surface area contributed by atoms with Gasteiger partial charge in [0.15, 0.2) is 5.78 Å². The van der Waals surface area contributed by atoms with Gasteiger partial charge in [-0.25, -0.2) is 4.39 Å². The number of rotatable bonds is 3. The van der Waals surface area contributed by atoms with Crippen molar-refractivity contribution in [3.63, 3.8) is 0 Å². The van der Waals surface area contributed by atoms with Gasteiger partial charge < -0.3 is 5.73 Å². The normalized spacial score (nSPS) is 10.5. The molecule has 0 amide bonds. The van der Waals surface area contributed by atoms with Gasteiger partial charge in [-0.3, -0.25) is 4.79 Å². The second-order valence-corrected chi connectivity index (χ2v) is 4.28. The molecular formula is C11H13BrFNO. The summed E-state index contributed by atoms with van der Waals surface area (Å²) in [6.07, 6.45) is 0.248. The Kier molecular flexibility index (Phi) is 3.99. The topological polar surface area (TPSA) is 43.1 Å². The summed E-state index contributed by atoms with van der Waals surface area (Å²) >= 11 is 3.23. The van der Waals surface area contributed by atoms with Crippen molar-refractivity contribution in [3.8, 4) is 0 Å². The highest BCUT2D eigenvalue weighted by molar-refractivity contribution is 9.10. The molecule has 2 nitrogen and oxygen atoms in total. The van der Waals surface area contributed by atoms with Crippen molar-refractivity contribution in [1.29, 1.82) is 0 Å². The molecule has 0 saturated carbocycles. The van der Waals surface area contributed by atoms with Crippen LogP contribution in [0.25, 0.3) is 0 Å². The van der Waals surface area contributed by atoms with Crippen LogP contribution in [0, 0.1) is 19.7 Å². The second-order valence-electron chi connectivity index (χ2n) is 3.43. The summed E-state index contributed by atoms with van der Waals surface area (Å²) in [4.78, 5) is 11.7. The van der Waals surface area contributed by atoms with Crippen LogP contribution in [0.1, 0.15) is 27.9 Å². The maximum absolute atomic E-state index is 13.4. The van der Waals surface area contributed by atoms with Crippen LogP contribution < -0.4 is 5.73 Å². The first-order chi connectivity index (χ1) is 6.99. The van der Waals surface area contributed by atoms with E-state index >= 15 is 0 Å². The Morgan fingerprint density at radius 2 is 2.07 bits per heavy atom. The first-order valence-corrected chi connectivity index (χ1v) is 5.46. The molecule has 0 unspecified atom stereocenters. The molecule has 0 aliphatic carbocycles. The minimum absolute atomic E-state index is 0.104. The van der Waals surface area contributed by atoms with Crippen LogP contribution in [0.3, 0.4) is 0 Å². The summed E-state index contributed by atoms with van der Waals surface area (Å²) in [6.45, 7) is 3.69. The van der Waals surface area contributed by atoms with Crippen LogP contribution in [-0.2, 0) is 0 Å². The van der Waals surface area contributed by atoms with Crippen molar-refractivity contribution in [3.05, 3.63) is 33.0 Å². The fraction of sp³-hybridized carbons (Fsp3) is 0.364. The largest absolute Gasteiger partial charge is 0.330 e. The zero-order valence-corrected chi connectivity index (χ0v) is 10.3. The number of ketones is 1. The first kappa shape index (κ1) is 12.3. The fourth-order valence-electron chi connectivity index (χ4n) is 1.52. The van der Waals surface area contributed by atoms with E-state index in [0.29, 0.717) is 15.6 Å². The summed E-state index contributed by atoms with van der Waals surface area (Å²) in [7, 11) is 0. The highest BCUT2D eigenvalue weighted by Gasteiger charge is 2.16. The van der Waals surface area contributed by atoms with Crippen LogP contribution in [0.15, 0.2) is 10.5 Å². The monoisotopic (exact) mass is 273 g/mol. The quantitative estimate of drug-likeness (QED) is 0.861. The van der Waals surface area contributed by atoms with Gasteiger partial charge in [0.25, 0.3) is 0 Å². The van der Waals surface area contributed by atoms with Crippen LogP contribution in [-0.4, -0.2) is 12.3 Å². The summed E-state index contributed by atoms with van der Waals surface area (Å²) in [6, 6.07) is 1.38. The Hall–Kier alpha value is -0.740. The van der Waals surface area contributed by atoms with Crippen molar-refractivity contribution in [2.45, 2.75) is 20.3 Å². The number of halogens is 2. The molecule has 1 aromatic rings. The van der Waals surface area contributed by atoms with E-state index < -0.39 is 0 Å². The van der Waals surface area contributed by atoms with E-state index in [1.807, 2.05) is 0 Å². The van der Waals surface area contributed by atoms with Crippen molar-refractivity contribution in [2.24, 2.45) is 5.73 Å². The van der Waals surface area contributed by atoms with E-state index in [9.17, 15) is 9.18 Å². The van der Waals surface area contributed by atoms with E-state index in [1.165, 1.54) is 6.07 Å². The fourth-order valence-corrected chi connectivity index (χ4v) is 1.92. The van der Waals surface area contributed by atoms with E-state index in [1.54, 1.807) is 13.8 Å². The summed E-state index contributed by atoms with van der Waals surface area (Å²) in [5, 5.41) is 0. The molecule has 0 atom stereocenters. The van der Waals surface area contributed by atoms with Crippen molar-refractivity contribution < 1.29 is 9.18 Å². The van der Waals surface area contributed by atoms with Gasteiger partial charge in [-0.2, -0.15) is 0 Å². The maximum Gasteiger partial charge on any atom is 0.164 e. The van der Waals surface area contributed by atoms with Gasteiger partial charge in [0.05, 0.1) is 0 Å². The lowest BCUT2D eigenvalue weighted by Gasteiger charge is -2.11. The Bertz CT molecular complexity index is 378. The van der Waals surface area contributed by atoms with Gasteiger partial charge >= 0.3 is 0 Å². The first-order valence-electron chi connectivity index (χ1n) is 4.67. The molecule has 0 heterocycles. The lowest BCUT2D eigenvalue weighted by atomic mass is 9.97. The van der Waals surface area contributed by atoms with Gasteiger partial charge in [0.2, 0.25) is 0 Å². The minimum Gasteiger partial charge on any atom is -0.330 e. The molecule has 0 bridgehead atoms. The molecule has 0 aliphatic heterocycles. The average molecular weight is 274 g/mol. The minimum atomic E-state index is -0.368. The van der Waals surface area contributed by atoms with Gasteiger partial charge in [-0.15, -0.1) is 0 Å². The predicted molar refractivity (Wildman–Crippen MR) is 61.6 cm³/mol. The smallest absolute Gasteiger partial charge is 0.164 e. The Morgan fingerprint density at radius 1 is 1.47 bits per heavy atom. The number of nitrogens with two attached hydrogens (primary N) is 1. The van der Waals surface area contributed by atoms with Gasteiger partial charge in [0.1, 0.15) is 5.82 Å². The molecule has 15 heavy (non-hydrogen) atoms. The predicted octanol–water partition coefficient (Wildman–Crippen LogP) is 2.74. The van der Waals surface area contributed by atoms with Crippen LogP contribution >= 0.6 is 15.9 Å². The molecule has 1 rings (SSSR count). The lowest BCUT2D eigenvalue weighted by molar-refractivity contribution is 0.0983. The standard InChI is InChI=1S/C11H13BrFNO/c1-6-8(12)5-9(13)7(2)11(6)10(15)3-4-14/h5H,3-4,14H2,1-2H3. The van der Waals surface area contributed by atoms with E-state index in [2.05, 4.69) is 15.9 Å². The van der Waals surface area contributed by atoms with Gasteiger partial charge in [-0.05, 0) is 37.6 Å². The number of carbonyl (C=O) groups excluding carboxylic acids is 1. The highest BCUT2D eigenvalue weighted by Crippen LogP contribution is 2.26. The molecule has 4 heteroatoms. The molecule has 82 valence electrons. The molecule has 0 radical (unpaired) electrons. The molecule has 0 spiro atoms. The molecule has 0 saturated heterocycles. The molecule has 1 aromatic carbocycles. The zero-order valence-electron chi connectivity index (χ0n) is 8.73. The maximum atomic E-state index is 13.4. The second kappa shape index (κ2) is 4.86. The molecule has 0 fully saturated rings. The summed E-state index contributed by atoms with van der Waals surface area (Å²) < 4.78 is 14.0. The SMILES string of the molecule is Cc1c(F)cc(Br)c(C)c1C(=O)CCN. The lowest BCUT2D eigenvalue weighted by Crippen LogP contribution is -2.12. The van der Waals surface area contributed by atoms with E-state index in [0.717, 1.165) is 5.56 Å². The number of hydrogen-bond donors (Lipinski definition) is 1. The van der Waals surface area contributed by atoms with Crippen molar-refractivity contribution in [2.75, 3.05) is 6.54 Å². The highest BCUT2D eigenvalue weighted by atomic mass is 79.9. The molecular weight excluding hydrogens is 261 g/mol. The van der Waals surface area contributed by atoms with Crippen molar-refractivity contribution in [1.82, 2.24) is 0 Å². The summed E-state index contributed by atoms with van der Waals surface area (Å²) in [5.74, 6) is -0.472. The number of hydrogen-bond acceptors (Lipinski definition) is 2. The number of carbonyl (C=O) groups is 1. The Balaban J connectivity index is 3.32. The number of Topliss-reactive ketones (excluding diaryl/α,β-unsaturated/α-hetero) is 1. The molecule has 2 N–H and O–H groups in total. The van der Waals surface area contributed by atoms with Crippen molar-refractivity contribution >= 4 is 21.7 Å². The van der Waals surface area contributed by atoms with E-state index in [-0.39, 0.29) is 24.6 Å². The Labute approximate surface area is 96.8 Å². The third-order valence-electron chi connectivity index (χ3n) is 2.37. The third-order valence-corrected chi connectivity index (χ3v) is 3.19.